The van der Waals surface area contributed by atoms with Crippen molar-refractivity contribution in [1.82, 2.24) is 0 Å². The second kappa shape index (κ2) is 7.84. The van der Waals surface area contributed by atoms with Gasteiger partial charge in [0, 0.05) is 0 Å². The third-order valence-corrected chi connectivity index (χ3v) is 4.67. The van der Waals surface area contributed by atoms with Crippen LogP contribution in [0.1, 0.15) is 49.7 Å². The van der Waals surface area contributed by atoms with E-state index >= 15 is 0 Å². The van der Waals surface area contributed by atoms with Crippen molar-refractivity contribution < 1.29 is 24.0 Å². The van der Waals surface area contributed by atoms with Gasteiger partial charge in [0.25, 0.3) is 0 Å². The molecule has 24 heavy (non-hydrogen) atoms. The monoisotopic (exact) mass is 350 g/mol. The molecule has 2 atom stereocenters. The third-order valence-electron chi connectivity index (χ3n) is 4.22. The summed E-state index contributed by atoms with van der Waals surface area (Å²) < 4.78 is 15.5. The fourth-order valence-electron chi connectivity index (χ4n) is 3.14. The molecular weight excluding hydrogens is 327 g/mol. The molecule has 0 radical (unpaired) electrons. The molecule has 130 valence electrons. The summed E-state index contributed by atoms with van der Waals surface area (Å²) in [4.78, 5) is 17.7. The summed E-state index contributed by atoms with van der Waals surface area (Å²) in [6.45, 7) is 4.25. The highest BCUT2D eigenvalue weighted by Gasteiger charge is 2.22. The first kappa shape index (κ1) is 18.5. The zero-order chi connectivity index (χ0) is 17.7. The Morgan fingerprint density at radius 1 is 0.875 bits per heavy atom. The molecule has 0 fully saturated rings. The summed E-state index contributed by atoms with van der Waals surface area (Å²) in [5.41, 5.74) is 2.26. The van der Waals surface area contributed by atoms with Gasteiger partial charge in [0.1, 0.15) is 11.5 Å². The van der Waals surface area contributed by atoms with Crippen molar-refractivity contribution in [3.63, 3.8) is 0 Å². The van der Waals surface area contributed by atoms with Crippen LogP contribution in [0.2, 0.25) is 0 Å². The van der Waals surface area contributed by atoms with E-state index in [1.807, 2.05) is 24.3 Å². The lowest BCUT2D eigenvalue weighted by Crippen LogP contribution is -2.10. The molecule has 0 heterocycles. The molecule has 6 heteroatoms. The first-order valence-corrected chi connectivity index (χ1v) is 9.51. The normalized spacial score (nSPS) is 14.2. The summed E-state index contributed by atoms with van der Waals surface area (Å²) >= 11 is 0. The SMILES string of the molecule is CCC(c1ccc(O)cc1)C(CC)c1ccc(OP(=O)(O)O)cc1. The van der Waals surface area contributed by atoms with Crippen molar-refractivity contribution in [2.45, 2.75) is 38.5 Å². The number of phosphoric acid groups is 1. The molecule has 0 spiro atoms. The van der Waals surface area contributed by atoms with Gasteiger partial charge in [-0.3, -0.25) is 9.79 Å². The minimum atomic E-state index is -4.53. The molecule has 0 bridgehead atoms. The van der Waals surface area contributed by atoms with Crippen LogP contribution in [0.5, 0.6) is 11.5 Å². The summed E-state index contributed by atoms with van der Waals surface area (Å²) in [7, 11) is -4.53. The van der Waals surface area contributed by atoms with E-state index in [4.69, 9.17) is 9.79 Å². The first-order chi connectivity index (χ1) is 11.3. The lowest BCUT2D eigenvalue weighted by Gasteiger charge is -2.26. The van der Waals surface area contributed by atoms with Crippen LogP contribution in [0.3, 0.4) is 0 Å². The highest BCUT2D eigenvalue weighted by molar-refractivity contribution is 7.46. The molecule has 0 aliphatic heterocycles. The Morgan fingerprint density at radius 2 is 1.29 bits per heavy atom. The Kier molecular flexibility index (Phi) is 6.05. The Bertz CT molecular complexity index is 690. The van der Waals surface area contributed by atoms with Crippen LogP contribution in [0.15, 0.2) is 48.5 Å². The maximum Gasteiger partial charge on any atom is 0.524 e. The second-order valence-electron chi connectivity index (χ2n) is 5.77. The predicted octanol–water partition coefficient (Wildman–Crippen LogP) is 4.55. The molecule has 2 aromatic rings. The molecular formula is C18H23O5P. The van der Waals surface area contributed by atoms with Gasteiger partial charge in [-0.15, -0.1) is 0 Å². The van der Waals surface area contributed by atoms with Gasteiger partial charge < -0.3 is 9.63 Å². The number of phenols is 1. The highest BCUT2D eigenvalue weighted by atomic mass is 31.2. The van der Waals surface area contributed by atoms with Gasteiger partial charge in [0.2, 0.25) is 0 Å². The Balaban J connectivity index is 2.25. The first-order valence-electron chi connectivity index (χ1n) is 7.98. The van der Waals surface area contributed by atoms with Crippen molar-refractivity contribution in [3.05, 3.63) is 59.7 Å². The van der Waals surface area contributed by atoms with Crippen molar-refractivity contribution in [3.8, 4) is 11.5 Å². The van der Waals surface area contributed by atoms with Crippen molar-refractivity contribution >= 4 is 7.82 Å². The summed E-state index contributed by atoms with van der Waals surface area (Å²) in [5, 5.41) is 9.47. The van der Waals surface area contributed by atoms with Crippen LogP contribution >= 0.6 is 7.82 Å². The van der Waals surface area contributed by atoms with E-state index in [0.29, 0.717) is 5.92 Å². The van der Waals surface area contributed by atoms with Gasteiger partial charge in [0.05, 0.1) is 0 Å². The molecule has 0 aliphatic carbocycles. The third kappa shape index (κ3) is 4.84. The summed E-state index contributed by atoms with van der Waals surface area (Å²) in [6, 6.07) is 14.1. The maximum absolute atomic E-state index is 10.9. The van der Waals surface area contributed by atoms with Gasteiger partial charge in [-0.1, -0.05) is 38.1 Å². The number of aromatic hydroxyl groups is 1. The van der Waals surface area contributed by atoms with E-state index in [1.54, 1.807) is 24.3 Å². The Hall–Kier alpha value is -1.81. The Morgan fingerprint density at radius 3 is 1.67 bits per heavy atom. The number of benzene rings is 2. The number of phenolic OH excluding ortho intramolecular Hbond substituents is 1. The fraction of sp³-hybridized carbons (Fsp3) is 0.333. The van der Waals surface area contributed by atoms with Crippen LogP contribution in [-0.2, 0) is 4.57 Å². The lowest BCUT2D eigenvalue weighted by atomic mass is 9.78. The molecule has 0 aromatic heterocycles. The van der Waals surface area contributed by atoms with Crippen LogP contribution in [0.25, 0.3) is 0 Å². The molecule has 0 aliphatic rings. The number of phosphoric ester groups is 1. The van der Waals surface area contributed by atoms with Gasteiger partial charge >= 0.3 is 7.82 Å². The van der Waals surface area contributed by atoms with Crippen molar-refractivity contribution in [2.24, 2.45) is 0 Å². The van der Waals surface area contributed by atoms with Gasteiger partial charge in [-0.05, 0) is 60.1 Å². The van der Waals surface area contributed by atoms with E-state index in [-0.39, 0.29) is 17.4 Å². The fourth-order valence-corrected chi connectivity index (χ4v) is 3.54. The summed E-state index contributed by atoms with van der Waals surface area (Å²) in [6.07, 6.45) is 1.88. The molecule has 3 N–H and O–H groups in total. The molecule has 0 amide bonds. The zero-order valence-electron chi connectivity index (χ0n) is 13.8. The van der Waals surface area contributed by atoms with Gasteiger partial charge in [-0.2, -0.15) is 0 Å². The largest absolute Gasteiger partial charge is 0.524 e. The van der Waals surface area contributed by atoms with Crippen LogP contribution in [0.4, 0.5) is 0 Å². The lowest BCUT2D eigenvalue weighted by molar-refractivity contribution is 0.283. The maximum atomic E-state index is 10.9. The minimum Gasteiger partial charge on any atom is -0.508 e. The number of hydrogen-bond acceptors (Lipinski definition) is 3. The standard InChI is InChI=1S/C18H23O5P/c1-3-17(13-5-9-15(19)10-6-13)18(4-2)14-7-11-16(12-8-14)23-24(20,21)22/h5-12,17-19H,3-4H2,1-2H3,(H2,20,21,22). The molecule has 0 saturated heterocycles. The topological polar surface area (TPSA) is 87.0 Å². The average molecular weight is 350 g/mol. The number of hydrogen-bond donors (Lipinski definition) is 3. The molecule has 5 nitrogen and oxygen atoms in total. The van der Waals surface area contributed by atoms with Crippen molar-refractivity contribution in [2.75, 3.05) is 0 Å². The molecule has 2 aromatic carbocycles. The average Bonchev–Trinajstić information content (AvgIpc) is 2.53. The second-order valence-corrected chi connectivity index (χ2v) is 6.94. The van der Waals surface area contributed by atoms with Crippen molar-refractivity contribution in [1.29, 1.82) is 0 Å². The molecule has 2 rings (SSSR count). The van der Waals surface area contributed by atoms with E-state index in [2.05, 4.69) is 18.4 Å². The summed E-state index contributed by atoms with van der Waals surface area (Å²) in [5.74, 6) is 0.966. The predicted molar refractivity (Wildman–Crippen MR) is 93.3 cm³/mol. The van der Waals surface area contributed by atoms with Gasteiger partial charge in [0.15, 0.2) is 0 Å². The zero-order valence-corrected chi connectivity index (χ0v) is 14.7. The van der Waals surface area contributed by atoms with E-state index in [9.17, 15) is 9.67 Å². The quantitative estimate of drug-likeness (QED) is 0.638. The van der Waals surface area contributed by atoms with Crippen LogP contribution < -0.4 is 4.52 Å². The molecule has 2 unspecified atom stereocenters. The van der Waals surface area contributed by atoms with Crippen LogP contribution in [-0.4, -0.2) is 14.9 Å². The smallest absolute Gasteiger partial charge is 0.508 e. The van der Waals surface area contributed by atoms with Gasteiger partial charge in [-0.25, -0.2) is 4.57 Å². The Labute approximate surface area is 142 Å². The number of rotatable bonds is 7. The van der Waals surface area contributed by atoms with E-state index < -0.39 is 7.82 Å². The van der Waals surface area contributed by atoms with Crippen LogP contribution in [0, 0.1) is 0 Å². The van der Waals surface area contributed by atoms with E-state index in [1.165, 1.54) is 0 Å². The van der Waals surface area contributed by atoms with E-state index in [0.717, 1.165) is 24.0 Å². The highest BCUT2D eigenvalue weighted by Crippen LogP contribution is 2.41. The minimum absolute atomic E-state index is 0.152. The molecule has 0 saturated carbocycles.